The van der Waals surface area contributed by atoms with E-state index in [1.54, 1.807) is 6.08 Å². The fraction of sp³-hybridized carbons (Fsp3) is 0.750. The van der Waals surface area contributed by atoms with E-state index < -0.39 is 24.3 Å². The molecule has 5 nitrogen and oxygen atoms in total. The highest BCUT2D eigenvalue weighted by atomic mass is 16.4. The lowest BCUT2D eigenvalue weighted by atomic mass is 9.89. The molecule has 0 unspecified atom stereocenters. The van der Waals surface area contributed by atoms with E-state index in [1.165, 1.54) is 0 Å². The summed E-state index contributed by atoms with van der Waals surface area (Å²) < 4.78 is 0. The second-order valence-corrected chi connectivity index (χ2v) is 7.05. The maximum absolute atomic E-state index is 10.5. The highest BCUT2D eigenvalue weighted by Gasteiger charge is 2.39. The maximum atomic E-state index is 10.5. The summed E-state index contributed by atoms with van der Waals surface area (Å²) in [7, 11) is 0. The zero-order chi connectivity index (χ0) is 18.7. The van der Waals surface area contributed by atoms with Gasteiger partial charge < -0.3 is 20.4 Å². The molecule has 0 spiro atoms. The molecule has 0 radical (unpaired) electrons. The first-order valence-electron chi connectivity index (χ1n) is 9.55. The third-order valence-electron chi connectivity index (χ3n) is 4.91. The van der Waals surface area contributed by atoms with Crippen molar-refractivity contribution in [1.29, 1.82) is 0 Å². The Morgan fingerprint density at radius 2 is 1.92 bits per heavy atom. The summed E-state index contributed by atoms with van der Waals surface area (Å²) in [6.45, 7) is 2.12. The van der Waals surface area contributed by atoms with E-state index in [4.69, 9.17) is 5.11 Å². The second-order valence-electron chi connectivity index (χ2n) is 7.05. The summed E-state index contributed by atoms with van der Waals surface area (Å²) in [5.41, 5.74) is 0. The first-order valence-corrected chi connectivity index (χ1v) is 9.55. The quantitative estimate of drug-likeness (QED) is 0.319. The Morgan fingerprint density at radius 3 is 2.60 bits per heavy atom. The molecule has 0 amide bonds. The van der Waals surface area contributed by atoms with Crippen molar-refractivity contribution in [3.63, 3.8) is 0 Å². The molecule has 0 aromatic rings. The average molecular weight is 354 g/mol. The summed E-state index contributed by atoms with van der Waals surface area (Å²) >= 11 is 0. The molecule has 5 heteroatoms. The molecule has 1 saturated carbocycles. The van der Waals surface area contributed by atoms with Gasteiger partial charge in [0.25, 0.3) is 0 Å². The van der Waals surface area contributed by atoms with E-state index in [1.807, 2.05) is 18.2 Å². The first kappa shape index (κ1) is 21.9. The molecule has 5 atom stereocenters. The Hall–Kier alpha value is -1.17. The smallest absolute Gasteiger partial charge is 0.303 e. The fourth-order valence-electron chi connectivity index (χ4n) is 3.41. The van der Waals surface area contributed by atoms with E-state index in [2.05, 4.69) is 6.92 Å². The monoisotopic (exact) mass is 354 g/mol. The zero-order valence-corrected chi connectivity index (χ0v) is 15.3. The van der Waals surface area contributed by atoms with Gasteiger partial charge in [0.1, 0.15) is 0 Å². The maximum Gasteiger partial charge on any atom is 0.303 e. The van der Waals surface area contributed by atoms with Crippen LogP contribution in [0.1, 0.15) is 64.7 Å². The average Bonchev–Trinajstić information content (AvgIpc) is 2.82. The van der Waals surface area contributed by atoms with Crippen LogP contribution < -0.4 is 0 Å². The summed E-state index contributed by atoms with van der Waals surface area (Å²) in [4.78, 5) is 10.5. The SMILES string of the molecule is CCCCC[C@@H](O)/C=C/[C@H]1[C@H](C/C=C\CCCC(=O)O)[C@@H](O)C[C@@H]1O. The van der Waals surface area contributed by atoms with E-state index in [0.29, 0.717) is 25.7 Å². The van der Waals surface area contributed by atoms with Gasteiger partial charge in [0.15, 0.2) is 0 Å². The van der Waals surface area contributed by atoms with Gasteiger partial charge in [0.05, 0.1) is 18.3 Å². The molecular formula is C20H34O5. The van der Waals surface area contributed by atoms with E-state index in [0.717, 1.165) is 25.7 Å². The Balaban J connectivity index is 2.46. The van der Waals surface area contributed by atoms with Gasteiger partial charge in [0.2, 0.25) is 0 Å². The third-order valence-corrected chi connectivity index (χ3v) is 4.91. The van der Waals surface area contributed by atoms with Crippen molar-refractivity contribution in [2.24, 2.45) is 11.8 Å². The molecule has 4 N–H and O–H groups in total. The molecular weight excluding hydrogens is 320 g/mol. The van der Waals surface area contributed by atoms with Crippen molar-refractivity contribution in [1.82, 2.24) is 0 Å². The number of hydrogen-bond acceptors (Lipinski definition) is 4. The normalized spacial score (nSPS) is 28.2. The van der Waals surface area contributed by atoms with Crippen LogP contribution in [0.4, 0.5) is 0 Å². The summed E-state index contributed by atoms with van der Waals surface area (Å²) in [6.07, 6.45) is 12.3. The minimum absolute atomic E-state index is 0.0650. The number of unbranched alkanes of at least 4 members (excludes halogenated alkanes) is 3. The standard InChI is InChI=1S/C20H34O5/c1-2-3-6-9-15(21)12-13-17-16(18(22)14-19(17)23)10-7-4-5-8-11-20(24)25/h4,7,12-13,15-19,21-23H,2-3,5-6,8-11,14H2,1H3,(H,24,25)/b7-4-,13-12+/t15-,16+,17+,18+,19+/m1/s1. The van der Waals surface area contributed by atoms with Crippen molar-refractivity contribution in [3.05, 3.63) is 24.3 Å². The predicted molar refractivity (Wildman–Crippen MR) is 98.1 cm³/mol. The molecule has 144 valence electrons. The van der Waals surface area contributed by atoms with Crippen LogP contribution in [0.2, 0.25) is 0 Å². The number of carboxylic acids is 1. The van der Waals surface area contributed by atoms with Crippen LogP contribution in [0.25, 0.3) is 0 Å². The van der Waals surface area contributed by atoms with Crippen LogP contribution >= 0.6 is 0 Å². The summed E-state index contributed by atoms with van der Waals surface area (Å²) in [5.74, 6) is -1.00. The van der Waals surface area contributed by atoms with Crippen molar-refractivity contribution >= 4 is 5.97 Å². The van der Waals surface area contributed by atoms with Crippen molar-refractivity contribution in [2.75, 3.05) is 0 Å². The summed E-state index contributed by atoms with van der Waals surface area (Å²) in [6, 6.07) is 0. The number of aliphatic hydroxyl groups is 3. The zero-order valence-electron chi connectivity index (χ0n) is 15.3. The molecule has 0 bridgehead atoms. The molecule has 1 aliphatic carbocycles. The first-order chi connectivity index (χ1) is 12.0. The summed E-state index contributed by atoms with van der Waals surface area (Å²) in [5, 5.41) is 39.0. The number of hydrogen-bond donors (Lipinski definition) is 4. The Labute approximate surface area is 151 Å². The van der Waals surface area contributed by atoms with Gasteiger partial charge in [-0.05, 0) is 31.6 Å². The predicted octanol–water partition coefficient (Wildman–Crippen LogP) is 3.04. The van der Waals surface area contributed by atoms with E-state index in [-0.39, 0.29) is 18.3 Å². The van der Waals surface area contributed by atoms with Crippen LogP contribution in [-0.2, 0) is 4.79 Å². The Kier molecular flexibility index (Phi) is 10.7. The van der Waals surface area contributed by atoms with Crippen LogP contribution in [0, 0.1) is 11.8 Å². The molecule has 1 fully saturated rings. The third kappa shape index (κ3) is 8.66. The molecule has 25 heavy (non-hydrogen) atoms. The molecule has 0 saturated heterocycles. The highest BCUT2D eigenvalue weighted by Crippen LogP contribution is 2.36. The number of aliphatic carboxylic acids is 1. The lowest BCUT2D eigenvalue weighted by Crippen LogP contribution is -2.20. The van der Waals surface area contributed by atoms with Crippen molar-refractivity contribution < 1.29 is 25.2 Å². The molecule has 1 aliphatic rings. The topological polar surface area (TPSA) is 98.0 Å². The van der Waals surface area contributed by atoms with Crippen LogP contribution in [-0.4, -0.2) is 44.7 Å². The largest absolute Gasteiger partial charge is 0.481 e. The van der Waals surface area contributed by atoms with Gasteiger partial charge in [0, 0.05) is 18.8 Å². The number of allylic oxidation sites excluding steroid dienone is 2. The molecule has 1 rings (SSSR count). The number of carbonyl (C=O) groups is 1. The molecule has 0 heterocycles. The number of rotatable bonds is 12. The highest BCUT2D eigenvalue weighted by molar-refractivity contribution is 5.66. The van der Waals surface area contributed by atoms with Gasteiger partial charge in [-0.1, -0.05) is 50.5 Å². The van der Waals surface area contributed by atoms with Gasteiger partial charge >= 0.3 is 5.97 Å². The fourth-order valence-corrected chi connectivity index (χ4v) is 3.41. The van der Waals surface area contributed by atoms with Gasteiger partial charge in [-0.2, -0.15) is 0 Å². The second kappa shape index (κ2) is 12.2. The minimum atomic E-state index is -0.787. The Morgan fingerprint density at radius 1 is 1.16 bits per heavy atom. The minimum Gasteiger partial charge on any atom is -0.481 e. The van der Waals surface area contributed by atoms with Crippen LogP contribution in [0.15, 0.2) is 24.3 Å². The Bertz CT molecular complexity index is 432. The van der Waals surface area contributed by atoms with Crippen LogP contribution in [0.5, 0.6) is 0 Å². The van der Waals surface area contributed by atoms with Crippen molar-refractivity contribution in [2.45, 2.75) is 83.0 Å². The number of carboxylic acid groups (broad SMARTS) is 1. The lowest BCUT2D eigenvalue weighted by Gasteiger charge is -2.19. The van der Waals surface area contributed by atoms with Gasteiger partial charge in [-0.15, -0.1) is 0 Å². The molecule has 0 aromatic carbocycles. The molecule has 0 aliphatic heterocycles. The van der Waals surface area contributed by atoms with E-state index >= 15 is 0 Å². The van der Waals surface area contributed by atoms with Gasteiger partial charge in [-0.3, -0.25) is 4.79 Å². The molecule has 0 aromatic heterocycles. The number of aliphatic hydroxyl groups excluding tert-OH is 3. The van der Waals surface area contributed by atoms with Crippen molar-refractivity contribution in [3.8, 4) is 0 Å². The van der Waals surface area contributed by atoms with Gasteiger partial charge in [-0.25, -0.2) is 0 Å². The van der Waals surface area contributed by atoms with Crippen LogP contribution in [0.3, 0.4) is 0 Å². The lowest BCUT2D eigenvalue weighted by molar-refractivity contribution is -0.137. The van der Waals surface area contributed by atoms with E-state index in [9.17, 15) is 20.1 Å².